The van der Waals surface area contributed by atoms with E-state index in [0.717, 1.165) is 31.2 Å². The van der Waals surface area contributed by atoms with Crippen molar-refractivity contribution in [2.24, 2.45) is 0 Å². The summed E-state index contributed by atoms with van der Waals surface area (Å²) in [6, 6.07) is 13.0. The van der Waals surface area contributed by atoms with Gasteiger partial charge in [0.1, 0.15) is 6.10 Å². The van der Waals surface area contributed by atoms with Crippen molar-refractivity contribution in [1.82, 2.24) is 15.5 Å². The van der Waals surface area contributed by atoms with Gasteiger partial charge in [0, 0.05) is 36.3 Å². The first-order valence-electron chi connectivity index (χ1n) is 13.6. The summed E-state index contributed by atoms with van der Waals surface area (Å²) in [4.78, 5) is 40.4. The molecule has 0 spiro atoms. The van der Waals surface area contributed by atoms with Gasteiger partial charge < -0.3 is 25.7 Å². The van der Waals surface area contributed by atoms with E-state index in [1.54, 1.807) is 47.4 Å². The number of nitrogens with zero attached hydrogens (tertiary/aromatic N) is 1. The fraction of sp³-hybridized carbons (Fsp3) is 0.500. The first kappa shape index (κ1) is 31.0. The summed E-state index contributed by atoms with van der Waals surface area (Å²) in [5.74, 6) is -0.904. The SMILES string of the molecule is CCCCC(NC(=O)c1ccccc1)C(O)C(O)CNC(=O)c1cc(C)cc(C(=O)N(CCC)CCC)c1. The second-order valence-corrected chi connectivity index (χ2v) is 9.74. The number of rotatable bonds is 15. The summed E-state index contributed by atoms with van der Waals surface area (Å²) in [5.41, 5.74) is 1.99. The summed E-state index contributed by atoms with van der Waals surface area (Å²) < 4.78 is 0. The maximum absolute atomic E-state index is 13.0. The van der Waals surface area contributed by atoms with Crippen molar-refractivity contribution in [3.63, 3.8) is 0 Å². The topological polar surface area (TPSA) is 119 Å². The molecule has 3 unspecified atom stereocenters. The number of benzene rings is 2. The van der Waals surface area contributed by atoms with Crippen LogP contribution in [0.3, 0.4) is 0 Å². The number of aliphatic hydroxyl groups is 2. The van der Waals surface area contributed by atoms with E-state index >= 15 is 0 Å². The maximum Gasteiger partial charge on any atom is 0.253 e. The molecule has 0 heterocycles. The largest absolute Gasteiger partial charge is 0.388 e. The van der Waals surface area contributed by atoms with Crippen LogP contribution in [0.15, 0.2) is 48.5 Å². The van der Waals surface area contributed by atoms with Crippen molar-refractivity contribution < 1.29 is 24.6 Å². The summed E-state index contributed by atoms with van der Waals surface area (Å²) >= 11 is 0. The molecule has 4 N–H and O–H groups in total. The number of hydrogen-bond donors (Lipinski definition) is 4. The lowest BCUT2D eigenvalue weighted by Gasteiger charge is -2.28. The highest BCUT2D eigenvalue weighted by atomic mass is 16.3. The summed E-state index contributed by atoms with van der Waals surface area (Å²) in [6.45, 7) is 8.94. The van der Waals surface area contributed by atoms with Gasteiger partial charge >= 0.3 is 0 Å². The van der Waals surface area contributed by atoms with E-state index in [2.05, 4.69) is 10.6 Å². The average molecular weight is 526 g/mol. The molecule has 3 atom stereocenters. The normalized spacial score (nSPS) is 13.3. The Hall–Kier alpha value is -3.23. The van der Waals surface area contributed by atoms with Crippen molar-refractivity contribution in [3.05, 3.63) is 70.8 Å². The van der Waals surface area contributed by atoms with Gasteiger partial charge in [0.2, 0.25) is 0 Å². The molecule has 0 saturated heterocycles. The number of hydrogen-bond acceptors (Lipinski definition) is 5. The first-order valence-corrected chi connectivity index (χ1v) is 13.6. The molecule has 2 rings (SSSR count). The predicted molar refractivity (Wildman–Crippen MR) is 149 cm³/mol. The molecule has 3 amide bonds. The molecule has 0 fully saturated rings. The van der Waals surface area contributed by atoms with Gasteiger partial charge in [0.05, 0.1) is 12.1 Å². The highest BCUT2D eigenvalue weighted by Gasteiger charge is 2.28. The first-order chi connectivity index (χ1) is 18.2. The Morgan fingerprint density at radius 1 is 0.842 bits per heavy atom. The van der Waals surface area contributed by atoms with E-state index in [9.17, 15) is 24.6 Å². The number of carbonyl (C=O) groups is 3. The Kier molecular flexibility index (Phi) is 13.0. The number of carbonyl (C=O) groups excluding carboxylic acids is 3. The molecule has 0 aliphatic carbocycles. The van der Waals surface area contributed by atoms with Gasteiger partial charge in [-0.05, 0) is 62.1 Å². The fourth-order valence-corrected chi connectivity index (χ4v) is 4.36. The molecule has 0 aliphatic heterocycles. The smallest absolute Gasteiger partial charge is 0.253 e. The quantitative estimate of drug-likeness (QED) is 0.283. The van der Waals surface area contributed by atoms with Crippen LogP contribution in [0.5, 0.6) is 0 Å². The summed E-state index contributed by atoms with van der Waals surface area (Å²) in [7, 11) is 0. The van der Waals surface area contributed by atoms with E-state index in [4.69, 9.17) is 0 Å². The molecule has 8 heteroatoms. The number of nitrogens with one attached hydrogen (secondary N) is 2. The molecule has 0 bridgehead atoms. The molecular weight excluding hydrogens is 482 g/mol. The molecule has 38 heavy (non-hydrogen) atoms. The van der Waals surface area contributed by atoms with Crippen LogP contribution in [-0.4, -0.2) is 70.7 Å². The number of unbranched alkanes of at least 4 members (excludes halogenated alkanes) is 1. The minimum atomic E-state index is -1.30. The van der Waals surface area contributed by atoms with Crippen LogP contribution < -0.4 is 10.6 Å². The van der Waals surface area contributed by atoms with Crippen LogP contribution in [0.4, 0.5) is 0 Å². The second kappa shape index (κ2) is 15.9. The summed E-state index contributed by atoms with van der Waals surface area (Å²) in [6.07, 6.45) is 1.21. The van der Waals surface area contributed by atoms with Gasteiger partial charge in [0.25, 0.3) is 17.7 Å². The fourth-order valence-electron chi connectivity index (χ4n) is 4.36. The van der Waals surface area contributed by atoms with Crippen LogP contribution in [0, 0.1) is 6.92 Å². The van der Waals surface area contributed by atoms with Crippen LogP contribution in [-0.2, 0) is 0 Å². The van der Waals surface area contributed by atoms with Crippen molar-refractivity contribution in [2.45, 2.75) is 78.0 Å². The van der Waals surface area contributed by atoms with Crippen LogP contribution in [0.1, 0.15) is 89.5 Å². The van der Waals surface area contributed by atoms with Gasteiger partial charge in [-0.25, -0.2) is 0 Å². The van der Waals surface area contributed by atoms with Crippen molar-refractivity contribution >= 4 is 17.7 Å². The van der Waals surface area contributed by atoms with Gasteiger partial charge in [-0.2, -0.15) is 0 Å². The standard InChI is InChI=1S/C30H43N3O5/c1-5-8-14-25(32-29(37)22-12-10-9-11-13-22)27(35)26(34)20-31-28(36)23-17-21(4)18-24(19-23)30(38)33(15-6-2)16-7-3/h9-13,17-19,25-27,34-35H,5-8,14-16,20H2,1-4H3,(H,31,36)(H,32,37). The highest BCUT2D eigenvalue weighted by molar-refractivity contribution is 6.00. The number of aliphatic hydroxyl groups excluding tert-OH is 2. The minimum Gasteiger partial charge on any atom is -0.388 e. The van der Waals surface area contributed by atoms with Crippen LogP contribution in [0.25, 0.3) is 0 Å². The third-order valence-corrected chi connectivity index (χ3v) is 6.36. The zero-order valence-corrected chi connectivity index (χ0v) is 23.1. The van der Waals surface area contributed by atoms with Crippen molar-refractivity contribution in [3.8, 4) is 0 Å². The second-order valence-electron chi connectivity index (χ2n) is 9.74. The maximum atomic E-state index is 13.0. The van der Waals surface area contributed by atoms with E-state index in [-0.39, 0.29) is 18.4 Å². The van der Waals surface area contributed by atoms with E-state index in [1.807, 2.05) is 33.8 Å². The molecule has 2 aromatic rings. The Morgan fingerprint density at radius 3 is 2.08 bits per heavy atom. The number of amides is 3. The number of aryl methyl sites for hydroxylation is 1. The molecule has 208 valence electrons. The third-order valence-electron chi connectivity index (χ3n) is 6.36. The van der Waals surface area contributed by atoms with E-state index < -0.39 is 24.2 Å². The Bertz CT molecular complexity index is 1040. The van der Waals surface area contributed by atoms with E-state index in [1.165, 1.54) is 0 Å². The third kappa shape index (κ3) is 9.26. The zero-order valence-electron chi connectivity index (χ0n) is 23.1. The molecule has 0 aromatic heterocycles. The van der Waals surface area contributed by atoms with Crippen LogP contribution in [0.2, 0.25) is 0 Å². The van der Waals surface area contributed by atoms with Crippen molar-refractivity contribution in [2.75, 3.05) is 19.6 Å². The minimum absolute atomic E-state index is 0.116. The van der Waals surface area contributed by atoms with Crippen LogP contribution >= 0.6 is 0 Å². The monoisotopic (exact) mass is 525 g/mol. The molecule has 0 aliphatic rings. The molecule has 8 nitrogen and oxygen atoms in total. The van der Waals surface area contributed by atoms with Gasteiger partial charge in [-0.15, -0.1) is 0 Å². The highest BCUT2D eigenvalue weighted by Crippen LogP contribution is 2.14. The summed E-state index contributed by atoms with van der Waals surface area (Å²) in [5, 5.41) is 27.0. The van der Waals surface area contributed by atoms with E-state index in [0.29, 0.717) is 36.2 Å². The van der Waals surface area contributed by atoms with Gasteiger partial charge in [-0.1, -0.05) is 51.8 Å². The average Bonchev–Trinajstić information content (AvgIpc) is 2.92. The Balaban J connectivity index is 2.07. The zero-order chi connectivity index (χ0) is 28.1. The van der Waals surface area contributed by atoms with Gasteiger partial charge in [0.15, 0.2) is 0 Å². The lowest BCUT2D eigenvalue weighted by molar-refractivity contribution is -0.00399. The van der Waals surface area contributed by atoms with Crippen molar-refractivity contribution in [1.29, 1.82) is 0 Å². The Morgan fingerprint density at radius 2 is 1.47 bits per heavy atom. The Labute approximate surface area is 226 Å². The predicted octanol–water partition coefficient (Wildman–Crippen LogP) is 3.70. The molecule has 2 aromatic carbocycles. The lowest BCUT2D eigenvalue weighted by atomic mass is 9.99. The lowest BCUT2D eigenvalue weighted by Crippen LogP contribution is -2.51. The molecular formula is C30H43N3O5. The molecule has 0 saturated carbocycles. The van der Waals surface area contributed by atoms with Gasteiger partial charge in [-0.3, -0.25) is 14.4 Å². The molecule has 0 radical (unpaired) electrons.